The van der Waals surface area contributed by atoms with Gasteiger partial charge in [0.1, 0.15) is 16.7 Å². The second-order valence-corrected chi connectivity index (χ2v) is 8.22. The molecule has 0 saturated heterocycles. The molecule has 2 bridgehead atoms. The number of hydrogen-bond acceptors (Lipinski definition) is 1. The number of fused-ring (bicyclic) bond motifs is 2. The molecule has 2 rings (SSSR count). The van der Waals surface area contributed by atoms with Gasteiger partial charge in [-0.2, -0.15) is 4.40 Å². The van der Waals surface area contributed by atoms with Crippen LogP contribution < -0.4 is 0 Å². The molecule has 2 saturated carbocycles. The Kier molecular flexibility index (Phi) is 2.76. The molecule has 1 unspecified atom stereocenters. The van der Waals surface area contributed by atoms with Crippen molar-refractivity contribution in [3.05, 3.63) is 0 Å². The molecule has 4 heteroatoms. The Bertz CT molecular complexity index is 337. The van der Waals surface area contributed by atoms with Crippen molar-refractivity contribution in [2.75, 3.05) is 0 Å². The quantitative estimate of drug-likeness (QED) is 0.687. The van der Waals surface area contributed by atoms with Gasteiger partial charge in [-0.3, -0.25) is 0 Å². The van der Waals surface area contributed by atoms with Crippen LogP contribution in [-0.4, -0.2) is 20.8 Å². The van der Waals surface area contributed by atoms with Crippen molar-refractivity contribution in [1.29, 1.82) is 0 Å². The highest BCUT2D eigenvalue weighted by atomic mass is 32.2. The van der Waals surface area contributed by atoms with Crippen molar-refractivity contribution in [2.24, 2.45) is 9.81 Å². The maximum Gasteiger partial charge on any atom is 0.144 e. The highest BCUT2D eigenvalue weighted by Crippen LogP contribution is 2.57. The second-order valence-electron chi connectivity index (χ2n) is 6.29. The maximum atomic E-state index is 13.9. The number of halogens is 1. The van der Waals surface area contributed by atoms with E-state index in [1.165, 1.54) is 0 Å². The van der Waals surface area contributed by atoms with Crippen molar-refractivity contribution < 1.29 is 8.60 Å². The van der Waals surface area contributed by atoms with E-state index in [-0.39, 0.29) is 10.2 Å². The van der Waals surface area contributed by atoms with Crippen LogP contribution in [0.1, 0.15) is 52.9 Å². The Morgan fingerprint density at radius 3 is 2.19 bits per heavy atom. The van der Waals surface area contributed by atoms with Crippen LogP contribution in [0.25, 0.3) is 0 Å². The van der Waals surface area contributed by atoms with Crippen LogP contribution in [0.3, 0.4) is 0 Å². The molecule has 2 nitrogen and oxygen atoms in total. The lowest BCUT2D eigenvalue weighted by Gasteiger charge is -2.21. The molecule has 0 amide bonds. The summed E-state index contributed by atoms with van der Waals surface area (Å²) in [4.78, 5) is 0. The van der Waals surface area contributed by atoms with Gasteiger partial charge in [-0.25, -0.2) is 8.60 Å². The van der Waals surface area contributed by atoms with E-state index in [0.717, 1.165) is 12.8 Å². The average Bonchev–Trinajstić information content (AvgIpc) is 2.67. The van der Waals surface area contributed by atoms with E-state index in [9.17, 15) is 8.60 Å². The van der Waals surface area contributed by atoms with Crippen LogP contribution in [0.2, 0.25) is 0 Å². The Morgan fingerprint density at radius 2 is 1.81 bits per heavy atom. The van der Waals surface area contributed by atoms with E-state index < -0.39 is 16.7 Å². The van der Waals surface area contributed by atoms with Gasteiger partial charge < -0.3 is 0 Å². The predicted octanol–water partition coefficient (Wildman–Crippen LogP) is 3.19. The minimum absolute atomic E-state index is 0.0876. The molecule has 0 aliphatic heterocycles. The van der Waals surface area contributed by atoms with E-state index in [1.54, 1.807) is 6.21 Å². The molecular weight excluding hydrogens is 225 g/mol. The van der Waals surface area contributed by atoms with Gasteiger partial charge in [0.15, 0.2) is 0 Å². The van der Waals surface area contributed by atoms with Gasteiger partial charge in [0, 0.05) is 11.6 Å². The van der Waals surface area contributed by atoms with Crippen LogP contribution in [-0.2, 0) is 11.0 Å². The monoisotopic (exact) mass is 245 g/mol. The molecule has 2 aliphatic rings. The molecule has 0 aromatic carbocycles. The van der Waals surface area contributed by atoms with Crippen molar-refractivity contribution in [1.82, 2.24) is 0 Å². The highest BCUT2D eigenvalue weighted by molar-refractivity contribution is 7.85. The first kappa shape index (κ1) is 12.2. The second kappa shape index (κ2) is 3.62. The van der Waals surface area contributed by atoms with Gasteiger partial charge >= 0.3 is 0 Å². The first-order valence-corrected chi connectivity index (χ1v) is 7.02. The van der Waals surface area contributed by atoms with Gasteiger partial charge in [0.25, 0.3) is 0 Å². The molecule has 0 radical (unpaired) electrons. The van der Waals surface area contributed by atoms with E-state index in [1.807, 2.05) is 20.8 Å². The van der Waals surface area contributed by atoms with Gasteiger partial charge in [-0.1, -0.05) is 0 Å². The Morgan fingerprint density at radius 1 is 1.25 bits per heavy atom. The molecule has 1 atom stereocenters. The SMILES string of the molecule is CC(C)(C)S(=O)/N=C/C12CCC(F)(CC1)C2. The summed E-state index contributed by atoms with van der Waals surface area (Å²) in [6, 6.07) is 0. The topological polar surface area (TPSA) is 29.4 Å². The number of nitrogens with zero attached hydrogens (tertiary/aromatic N) is 1. The van der Waals surface area contributed by atoms with Gasteiger partial charge in [0.05, 0.1) is 4.75 Å². The first-order chi connectivity index (χ1) is 7.25. The van der Waals surface area contributed by atoms with Crippen LogP contribution >= 0.6 is 0 Å². The molecule has 0 aromatic heterocycles. The summed E-state index contributed by atoms with van der Waals surface area (Å²) in [6.45, 7) is 5.71. The van der Waals surface area contributed by atoms with Crippen LogP contribution in [0.15, 0.2) is 4.40 Å². The van der Waals surface area contributed by atoms with Crippen LogP contribution in [0, 0.1) is 5.41 Å². The molecular formula is C12H20FNOS. The molecule has 2 fully saturated rings. The maximum absolute atomic E-state index is 13.9. The van der Waals surface area contributed by atoms with Crippen molar-refractivity contribution in [3.63, 3.8) is 0 Å². The van der Waals surface area contributed by atoms with Gasteiger partial charge in [0.2, 0.25) is 0 Å². The lowest BCUT2D eigenvalue weighted by molar-refractivity contribution is 0.176. The zero-order chi connectivity index (χ0) is 12.0. The fourth-order valence-electron chi connectivity index (χ4n) is 2.67. The van der Waals surface area contributed by atoms with Crippen LogP contribution in [0.5, 0.6) is 0 Å². The van der Waals surface area contributed by atoms with E-state index in [0.29, 0.717) is 19.3 Å². The van der Waals surface area contributed by atoms with Gasteiger partial charge in [-0.15, -0.1) is 0 Å². The number of rotatable bonds is 2. The van der Waals surface area contributed by atoms with Crippen molar-refractivity contribution in [2.45, 2.75) is 63.3 Å². The lowest BCUT2D eigenvalue weighted by atomic mass is 9.86. The summed E-state index contributed by atoms with van der Waals surface area (Å²) in [5, 5.41) is 0. The third-order valence-corrected chi connectivity index (χ3v) is 5.10. The Labute approximate surface area is 99.3 Å². The molecule has 0 heterocycles. The smallest absolute Gasteiger partial charge is 0.144 e. The largest absolute Gasteiger partial charge is 0.244 e. The fourth-order valence-corrected chi connectivity index (χ4v) is 3.31. The average molecular weight is 245 g/mol. The summed E-state index contributed by atoms with van der Waals surface area (Å²) in [5.74, 6) is 0. The highest BCUT2D eigenvalue weighted by Gasteiger charge is 2.54. The zero-order valence-electron chi connectivity index (χ0n) is 10.3. The summed E-state index contributed by atoms with van der Waals surface area (Å²) >= 11 is 0. The molecule has 0 aromatic rings. The number of alkyl halides is 1. The standard InChI is InChI=1S/C12H20FNOS/c1-10(2,3)16(15)14-9-11-4-6-12(13,8-11)7-5-11/h9H,4-8H2,1-3H3/b14-9+. The summed E-state index contributed by atoms with van der Waals surface area (Å²) in [6.07, 6.45) is 5.43. The molecule has 92 valence electrons. The minimum Gasteiger partial charge on any atom is -0.244 e. The van der Waals surface area contributed by atoms with E-state index in [4.69, 9.17) is 0 Å². The summed E-state index contributed by atoms with van der Waals surface area (Å²) < 4.78 is 29.6. The van der Waals surface area contributed by atoms with Crippen molar-refractivity contribution in [3.8, 4) is 0 Å². The van der Waals surface area contributed by atoms with Crippen molar-refractivity contribution >= 4 is 17.2 Å². The lowest BCUT2D eigenvalue weighted by Crippen LogP contribution is -2.22. The molecule has 2 aliphatic carbocycles. The van der Waals surface area contributed by atoms with E-state index in [2.05, 4.69) is 4.40 Å². The Hall–Kier alpha value is -0.250. The third kappa shape index (κ3) is 2.22. The first-order valence-electron chi connectivity index (χ1n) is 5.91. The zero-order valence-corrected chi connectivity index (χ0v) is 11.1. The molecule has 16 heavy (non-hydrogen) atoms. The van der Waals surface area contributed by atoms with Crippen LogP contribution in [0.4, 0.5) is 4.39 Å². The van der Waals surface area contributed by atoms with E-state index >= 15 is 0 Å². The predicted molar refractivity (Wildman–Crippen MR) is 65.7 cm³/mol. The summed E-state index contributed by atoms with van der Waals surface area (Å²) in [5.41, 5.74) is -1.04. The van der Waals surface area contributed by atoms with Gasteiger partial charge in [-0.05, 0) is 52.9 Å². The molecule has 0 N–H and O–H groups in total. The fraction of sp³-hybridized carbons (Fsp3) is 0.917. The summed E-state index contributed by atoms with van der Waals surface area (Å²) in [7, 11) is -1.21. The normalized spacial score (nSPS) is 40.8. The Balaban J connectivity index is 2.06. The minimum atomic E-state index is -1.21. The third-order valence-electron chi connectivity index (χ3n) is 3.76. The number of hydrogen-bond donors (Lipinski definition) is 0. The molecule has 0 spiro atoms.